The van der Waals surface area contributed by atoms with Crippen molar-refractivity contribution >= 4 is 23.0 Å². The van der Waals surface area contributed by atoms with E-state index < -0.39 is 29.8 Å². The smallest absolute Gasteiger partial charge is 0.411 e. The number of hydrogen-bond donors (Lipinski definition) is 0. The number of methoxy groups -OCH3 is 1. The molecule has 0 spiro atoms. The lowest BCUT2D eigenvalue weighted by Crippen LogP contribution is -2.44. The largest absolute Gasteiger partial charge is 0.472 e. The standard InChI is InChI=1S/C25H27N3O5/c1-25(2,3)33-24(30)28-15-17(14-20(28)23(29)31-4)32-22-18-12-8-9-13-19(18)26-21(27-22)16-10-6-5-7-11-16/h5-13,17,20H,14-15H2,1-4H3/t17-,20+/m1/s1. The lowest BCUT2D eigenvalue weighted by Gasteiger charge is -2.27. The third-order valence-electron chi connectivity index (χ3n) is 5.24. The van der Waals surface area contributed by atoms with Gasteiger partial charge in [-0.3, -0.25) is 4.90 Å². The van der Waals surface area contributed by atoms with E-state index in [0.717, 1.165) is 16.5 Å². The second-order valence-corrected chi connectivity index (χ2v) is 8.88. The van der Waals surface area contributed by atoms with E-state index in [4.69, 9.17) is 14.2 Å². The maximum atomic E-state index is 12.8. The maximum absolute atomic E-state index is 12.8. The Bertz CT molecular complexity index is 1160. The van der Waals surface area contributed by atoms with E-state index in [1.54, 1.807) is 20.8 Å². The summed E-state index contributed by atoms with van der Waals surface area (Å²) in [6.07, 6.45) is -0.782. The summed E-state index contributed by atoms with van der Waals surface area (Å²) in [5.74, 6) is 0.430. The van der Waals surface area contributed by atoms with Crippen LogP contribution in [0.2, 0.25) is 0 Å². The lowest BCUT2D eigenvalue weighted by molar-refractivity contribution is -0.145. The first-order chi connectivity index (χ1) is 15.7. The Morgan fingerprint density at radius 1 is 1.00 bits per heavy atom. The second kappa shape index (κ2) is 9.05. The molecule has 0 N–H and O–H groups in total. The van der Waals surface area contributed by atoms with Crippen LogP contribution in [0.25, 0.3) is 22.3 Å². The molecule has 1 fully saturated rings. The minimum absolute atomic E-state index is 0.174. The van der Waals surface area contributed by atoms with E-state index in [2.05, 4.69) is 9.97 Å². The van der Waals surface area contributed by atoms with Gasteiger partial charge in [-0.15, -0.1) is 0 Å². The van der Waals surface area contributed by atoms with Gasteiger partial charge in [0.05, 0.1) is 24.6 Å². The van der Waals surface area contributed by atoms with Crippen molar-refractivity contribution in [2.24, 2.45) is 0 Å². The average Bonchev–Trinajstić information content (AvgIpc) is 3.22. The summed E-state index contributed by atoms with van der Waals surface area (Å²) < 4.78 is 16.7. The third-order valence-corrected chi connectivity index (χ3v) is 5.24. The van der Waals surface area contributed by atoms with Crippen LogP contribution in [-0.4, -0.2) is 58.3 Å². The van der Waals surface area contributed by atoms with Gasteiger partial charge in [0.1, 0.15) is 17.7 Å². The minimum Gasteiger partial charge on any atom is -0.472 e. The number of para-hydroxylation sites is 1. The maximum Gasteiger partial charge on any atom is 0.411 e. The van der Waals surface area contributed by atoms with Crippen molar-refractivity contribution in [1.29, 1.82) is 0 Å². The summed E-state index contributed by atoms with van der Waals surface area (Å²) >= 11 is 0. The van der Waals surface area contributed by atoms with Crippen LogP contribution in [0, 0.1) is 0 Å². The van der Waals surface area contributed by atoms with Gasteiger partial charge in [-0.2, -0.15) is 4.98 Å². The fourth-order valence-corrected chi connectivity index (χ4v) is 3.78. The van der Waals surface area contributed by atoms with E-state index in [-0.39, 0.29) is 13.0 Å². The quantitative estimate of drug-likeness (QED) is 0.551. The normalized spacial score (nSPS) is 18.2. The molecule has 2 atom stereocenters. The highest BCUT2D eigenvalue weighted by Crippen LogP contribution is 2.30. The third kappa shape index (κ3) is 5.05. The molecule has 0 aliphatic carbocycles. The first kappa shape index (κ1) is 22.5. The molecule has 33 heavy (non-hydrogen) atoms. The first-order valence-corrected chi connectivity index (χ1v) is 10.8. The van der Waals surface area contributed by atoms with Crippen molar-refractivity contribution < 1.29 is 23.8 Å². The van der Waals surface area contributed by atoms with E-state index in [9.17, 15) is 9.59 Å². The van der Waals surface area contributed by atoms with Gasteiger partial charge in [-0.25, -0.2) is 14.6 Å². The van der Waals surface area contributed by atoms with Crippen molar-refractivity contribution in [3.8, 4) is 17.3 Å². The molecule has 8 heteroatoms. The van der Waals surface area contributed by atoms with Gasteiger partial charge in [-0.05, 0) is 32.9 Å². The van der Waals surface area contributed by atoms with Gasteiger partial charge in [0.2, 0.25) is 5.88 Å². The van der Waals surface area contributed by atoms with Gasteiger partial charge in [0.25, 0.3) is 0 Å². The number of rotatable bonds is 4. The molecule has 1 saturated heterocycles. The molecule has 3 aromatic rings. The van der Waals surface area contributed by atoms with Crippen LogP contribution < -0.4 is 4.74 Å². The lowest BCUT2D eigenvalue weighted by atomic mass is 10.2. The van der Waals surface area contributed by atoms with Crippen LogP contribution in [0.4, 0.5) is 4.79 Å². The van der Waals surface area contributed by atoms with Crippen LogP contribution in [0.1, 0.15) is 27.2 Å². The number of fused-ring (bicyclic) bond motifs is 1. The molecule has 2 aromatic carbocycles. The Morgan fingerprint density at radius 2 is 1.70 bits per heavy atom. The zero-order valence-electron chi connectivity index (χ0n) is 19.1. The number of amides is 1. The van der Waals surface area contributed by atoms with Crippen molar-refractivity contribution in [2.45, 2.75) is 44.9 Å². The average molecular weight is 450 g/mol. The van der Waals surface area contributed by atoms with Crippen molar-refractivity contribution in [3.05, 3.63) is 54.6 Å². The number of nitrogens with zero attached hydrogens (tertiary/aromatic N) is 3. The predicted octanol–water partition coefficient (Wildman–Crippen LogP) is 4.23. The van der Waals surface area contributed by atoms with Gasteiger partial charge in [-0.1, -0.05) is 42.5 Å². The zero-order chi connectivity index (χ0) is 23.6. The van der Waals surface area contributed by atoms with Crippen molar-refractivity contribution in [2.75, 3.05) is 13.7 Å². The molecule has 0 bridgehead atoms. The molecule has 1 amide bonds. The molecule has 1 aliphatic heterocycles. The minimum atomic E-state index is -0.795. The Balaban J connectivity index is 1.65. The molecule has 0 saturated carbocycles. The molecular weight excluding hydrogens is 422 g/mol. The molecule has 2 heterocycles. The monoisotopic (exact) mass is 449 g/mol. The number of esters is 1. The van der Waals surface area contributed by atoms with E-state index >= 15 is 0 Å². The van der Waals surface area contributed by atoms with Gasteiger partial charge >= 0.3 is 12.1 Å². The first-order valence-electron chi connectivity index (χ1n) is 10.8. The van der Waals surface area contributed by atoms with E-state index in [1.165, 1.54) is 12.0 Å². The van der Waals surface area contributed by atoms with Gasteiger partial charge < -0.3 is 14.2 Å². The number of carbonyl (C=O) groups is 2. The van der Waals surface area contributed by atoms with Gasteiger partial charge in [0.15, 0.2) is 5.82 Å². The Hall–Kier alpha value is -3.68. The fraction of sp³-hybridized carbons (Fsp3) is 0.360. The van der Waals surface area contributed by atoms with Gasteiger partial charge in [0, 0.05) is 12.0 Å². The summed E-state index contributed by atoms with van der Waals surface area (Å²) in [6.45, 7) is 5.51. The highest BCUT2D eigenvalue weighted by Gasteiger charge is 2.43. The number of carbonyl (C=O) groups excluding carboxylic acids is 2. The van der Waals surface area contributed by atoms with E-state index in [0.29, 0.717) is 11.7 Å². The summed E-state index contributed by atoms with van der Waals surface area (Å²) in [6, 6.07) is 16.4. The number of ether oxygens (including phenoxy) is 3. The number of benzene rings is 2. The predicted molar refractivity (Wildman–Crippen MR) is 123 cm³/mol. The van der Waals surface area contributed by atoms with E-state index in [1.807, 2.05) is 54.6 Å². The summed E-state index contributed by atoms with van der Waals surface area (Å²) in [5, 5.41) is 0.752. The Kier molecular flexibility index (Phi) is 6.18. The topological polar surface area (TPSA) is 90.9 Å². The zero-order valence-corrected chi connectivity index (χ0v) is 19.1. The van der Waals surface area contributed by atoms with Crippen molar-refractivity contribution in [1.82, 2.24) is 14.9 Å². The summed E-state index contributed by atoms with van der Waals surface area (Å²) in [4.78, 5) is 35.9. The second-order valence-electron chi connectivity index (χ2n) is 8.88. The molecule has 4 rings (SSSR count). The number of likely N-dealkylation sites (tertiary alicyclic amines) is 1. The van der Waals surface area contributed by atoms with Crippen LogP contribution >= 0.6 is 0 Å². The molecule has 0 unspecified atom stereocenters. The molecule has 0 radical (unpaired) electrons. The van der Waals surface area contributed by atoms with Crippen LogP contribution in [-0.2, 0) is 14.3 Å². The molecule has 172 valence electrons. The Labute approximate surface area is 192 Å². The molecule has 1 aromatic heterocycles. The highest BCUT2D eigenvalue weighted by atomic mass is 16.6. The Morgan fingerprint density at radius 3 is 2.39 bits per heavy atom. The fourth-order valence-electron chi connectivity index (χ4n) is 3.78. The van der Waals surface area contributed by atoms with Crippen LogP contribution in [0.3, 0.4) is 0 Å². The number of aromatic nitrogens is 2. The molecular formula is C25H27N3O5. The SMILES string of the molecule is COC(=O)[C@@H]1C[C@@H](Oc2nc(-c3ccccc3)nc3ccccc23)CN1C(=O)OC(C)(C)C. The summed E-state index contributed by atoms with van der Waals surface area (Å²) in [7, 11) is 1.30. The van der Waals surface area contributed by atoms with Crippen LogP contribution in [0.15, 0.2) is 54.6 Å². The molecule has 8 nitrogen and oxygen atoms in total. The van der Waals surface area contributed by atoms with Crippen molar-refractivity contribution in [3.63, 3.8) is 0 Å². The highest BCUT2D eigenvalue weighted by molar-refractivity contribution is 5.85. The number of hydrogen-bond acceptors (Lipinski definition) is 7. The summed E-state index contributed by atoms with van der Waals surface area (Å²) in [5.41, 5.74) is 0.916. The molecule has 1 aliphatic rings. The van der Waals surface area contributed by atoms with Crippen LogP contribution in [0.5, 0.6) is 5.88 Å².